The molecule has 2 heterocycles. The van der Waals surface area contributed by atoms with Gasteiger partial charge in [-0.2, -0.15) is 0 Å². The summed E-state index contributed by atoms with van der Waals surface area (Å²) in [4.78, 5) is 40.7. The monoisotopic (exact) mass is 407 g/mol. The molecule has 0 unspecified atom stereocenters. The third-order valence-electron chi connectivity index (χ3n) is 5.31. The zero-order valence-corrected chi connectivity index (χ0v) is 17.3. The molecule has 3 rings (SSSR count). The van der Waals surface area contributed by atoms with Gasteiger partial charge in [0.2, 0.25) is 5.43 Å². The van der Waals surface area contributed by atoms with Crippen molar-refractivity contribution in [3.63, 3.8) is 0 Å². The average Bonchev–Trinajstić information content (AvgIpc) is 2.73. The zero-order valence-electron chi connectivity index (χ0n) is 17.3. The number of carbonyl (C=O) groups is 2. The Morgan fingerprint density at radius 1 is 0.967 bits per heavy atom. The fraction of sp³-hybridized carbons (Fsp3) is 0.375. The molecule has 158 valence electrons. The number of carbonyl (C=O) groups excluding carboxylic acids is 2. The highest BCUT2D eigenvalue weighted by atomic mass is 16.2. The van der Waals surface area contributed by atoms with E-state index in [9.17, 15) is 14.4 Å². The molecule has 1 aromatic heterocycles. The SMILES string of the molecule is C=CCNC(=O)c1cn(Cc2ccccc2)cc(C(=O)N2CCCCCCC2)c1=O. The summed E-state index contributed by atoms with van der Waals surface area (Å²) < 4.78 is 1.75. The van der Waals surface area contributed by atoms with Gasteiger partial charge >= 0.3 is 0 Å². The molecule has 0 saturated carbocycles. The van der Waals surface area contributed by atoms with Crippen molar-refractivity contribution in [1.29, 1.82) is 0 Å². The summed E-state index contributed by atoms with van der Waals surface area (Å²) in [7, 11) is 0. The Bertz CT molecular complexity index is 942. The molecule has 1 aromatic carbocycles. The minimum absolute atomic E-state index is 0.0225. The van der Waals surface area contributed by atoms with Crippen LogP contribution in [0.4, 0.5) is 0 Å². The van der Waals surface area contributed by atoms with Crippen molar-refractivity contribution in [1.82, 2.24) is 14.8 Å². The van der Waals surface area contributed by atoms with Gasteiger partial charge in [-0.15, -0.1) is 6.58 Å². The van der Waals surface area contributed by atoms with Gasteiger partial charge in [-0.25, -0.2) is 0 Å². The molecule has 0 radical (unpaired) electrons. The molecule has 30 heavy (non-hydrogen) atoms. The summed E-state index contributed by atoms with van der Waals surface area (Å²) in [6.07, 6.45) is 9.89. The second-order valence-electron chi connectivity index (χ2n) is 7.63. The summed E-state index contributed by atoms with van der Waals surface area (Å²) in [5.41, 5.74) is 0.527. The molecule has 6 nitrogen and oxygen atoms in total. The van der Waals surface area contributed by atoms with Crippen LogP contribution < -0.4 is 10.7 Å². The summed E-state index contributed by atoms with van der Waals surface area (Å²) in [5.74, 6) is -0.786. The molecular formula is C24H29N3O3. The van der Waals surface area contributed by atoms with E-state index in [0.29, 0.717) is 19.6 Å². The number of hydrogen-bond acceptors (Lipinski definition) is 3. The van der Waals surface area contributed by atoms with Gasteiger partial charge in [0.15, 0.2) is 0 Å². The molecule has 6 heteroatoms. The quantitative estimate of drug-likeness (QED) is 0.748. The maximum Gasteiger partial charge on any atom is 0.259 e. The number of hydrogen-bond donors (Lipinski definition) is 1. The number of likely N-dealkylation sites (tertiary alicyclic amines) is 1. The summed E-state index contributed by atoms with van der Waals surface area (Å²) in [6.45, 7) is 5.58. The van der Waals surface area contributed by atoms with Crippen LogP contribution in [0.25, 0.3) is 0 Å². The molecule has 2 amide bonds. The van der Waals surface area contributed by atoms with E-state index in [4.69, 9.17) is 0 Å². The molecule has 2 aromatic rings. The van der Waals surface area contributed by atoms with Crippen LogP contribution in [0.3, 0.4) is 0 Å². The van der Waals surface area contributed by atoms with E-state index in [1.54, 1.807) is 21.7 Å². The highest BCUT2D eigenvalue weighted by Gasteiger charge is 2.23. The van der Waals surface area contributed by atoms with E-state index >= 15 is 0 Å². The van der Waals surface area contributed by atoms with Crippen molar-refractivity contribution in [2.75, 3.05) is 19.6 Å². The topological polar surface area (TPSA) is 71.4 Å². The maximum absolute atomic E-state index is 13.2. The minimum Gasteiger partial charge on any atom is -0.348 e. The first kappa shape index (κ1) is 21.6. The Balaban J connectivity index is 1.97. The van der Waals surface area contributed by atoms with Crippen LogP contribution in [0.1, 0.15) is 58.4 Å². The lowest BCUT2D eigenvalue weighted by Crippen LogP contribution is -2.39. The van der Waals surface area contributed by atoms with Gasteiger partial charge in [-0.05, 0) is 18.4 Å². The van der Waals surface area contributed by atoms with E-state index < -0.39 is 11.3 Å². The molecule has 1 aliphatic heterocycles. The van der Waals surface area contributed by atoms with Crippen LogP contribution in [0.2, 0.25) is 0 Å². The van der Waals surface area contributed by atoms with Gasteiger partial charge in [-0.3, -0.25) is 14.4 Å². The Hall–Kier alpha value is -3.15. The van der Waals surface area contributed by atoms with Crippen molar-refractivity contribution in [2.45, 2.75) is 38.6 Å². The number of aromatic nitrogens is 1. The lowest BCUT2D eigenvalue weighted by Gasteiger charge is -2.25. The molecular weight excluding hydrogens is 378 g/mol. The van der Waals surface area contributed by atoms with E-state index in [1.165, 1.54) is 12.6 Å². The first-order valence-corrected chi connectivity index (χ1v) is 10.6. The Kier molecular flexibility index (Phi) is 7.60. The zero-order chi connectivity index (χ0) is 21.3. The number of rotatable bonds is 6. The van der Waals surface area contributed by atoms with E-state index in [1.807, 2.05) is 30.3 Å². The van der Waals surface area contributed by atoms with Crippen molar-refractivity contribution in [3.05, 3.63) is 82.3 Å². The van der Waals surface area contributed by atoms with Crippen molar-refractivity contribution in [2.24, 2.45) is 0 Å². The van der Waals surface area contributed by atoms with Crippen LogP contribution in [-0.4, -0.2) is 40.9 Å². The second kappa shape index (κ2) is 10.6. The standard InChI is InChI=1S/C24H29N3O3/c1-2-13-25-23(29)20-17-26(16-19-11-7-6-8-12-19)18-21(22(20)28)24(30)27-14-9-4-3-5-10-15-27/h2,6-8,11-12,17-18H,1,3-5,9-10,13-16H2,(H,25,29). The van der Waals surface area contributed by atoms with Crippen molar-refractivity contribution in [3.8, 4) is 0 Å². The average molecular weight is 408 g/mol. The van der Waals surface area contributed by atoms with Gasteiger partial charge in [0, 0.05) is 38.6 Å². The molecule has 0 bridgehead atoms. The second-order valence-corrected chi connectivity index (χ2v) is 7.63. The fourth-order valence-corrected chi connectivity index (χ4v) is 3.71. The molecule has 0 atom stereocenters. The fourth-order valence-electron chi connectivity index (χ4n) is 3.71. The van der Waals surface area contributed by atoms with Crippen molar-refractivity contribution < 1.29 is 9.59 Å². The number of pyridine rings is 1. The van der Waals surface area contributed by atoms with Crippen LogP contribution in [0.15, 0.2) is 60.2 Å². The van der Waals surface area contributed by atoms with E-state index in [2.05, 4.69) is 11.9 Å². The third-order valence-corrected chi connectivity index (χ3v) is 5.31. The van der Waals surface area contributed by atoms with E-state index in [0.717, 1.165) is 31.2 Å². The number of amides is 2. The number of nitrogens with one attached hydrogen (secondary N) is 1. The van der Waals surface area contributed by atoms with Crippen LogP contribution >= 0.6 is 0 Å². The molecule has 0 spiro atoms. The third kappa shape index (κ3) is 5.47. The summed E-state index contributed by atoms with van der Waals surface area (Å²) in [6, 6.07) is 9.73. The first-order valence-electron chi connectivity index (χ1n) is 10.6. The lowest BCUT2D eigenvalue weighted by molar-refractivity contribution is 0.0740. The Labute approximate surface area is 177 Å². The molecule has 1 fully saturated rings. The Morgan fingerprint density at radius 2 is 1.60 bits per heavy atom. The van der Waals surface area contributed by atoms with Gasteiger partial charge in [0.1, 0.15) is 11.1 Å². The highest BCUT2D eigenvalue weighted by molar-refractivity contribution is 5.99. The molecule has 1 saturated heterocycles. The highest BCUT2D eigenvalue weighted by Crippen LogP contribution is 2.13. The van der Waals surface area contributed by atoms with Crippen LogP contribution in [-0.2, 0) is 6.54 Å². The first-order chi connectivity index (χ1) is 14.6. The molecule has 1 aliphatic rings. The number of nitrogens with zero attached hydrogens (tertiary/aromatic N) is 2. The lowest BCUT2D eigenvalue weighted by atomic mass is 10.1. The normalized spacial score (nSPS) is 14.5. The summed E-state index contributed by atoms with van der Waals surface area (Å²) >= 11 is 0. The van der Waals surface area contributed by atoms with Crippen molar-refractivity contribution >= 4 is 11.8 Å². The molecule has 0 aliphatic carbocycles. The van der Waals surface area contributed by atoms with Gasteiger partial charge in [0.25, 0.3) is 11.8 Å². The largest absolute Gasteiger partial charge is 0.348 e. The molecule has 1 N–H and O–H groups in total. The van der Waals surface area contributed by atoms with Gasteiger partial charge < -0.3 is 14.8 Å². The van der Waals surface area contributed by atoms with Crippen LogP contribution in [0, 0.1) is 0 Å². The van der Waals surface area contributed by atoms with E-state index in [-0.39, 0.29) is 23.6 Å². The minimum atomic E-state index is -0.520. The van der Waals surface area contributed by atoms with Gasteiger partial charge in [-0.1, -0.05) is 55.7 Å². The Morgan fingerprint density at radius 3 is 2.27 bits per heavy atom. The van der Waals surface area contributed by atoms with Crippen LogP contribution in [0.5, 0.6) is 0 Å². The summed E-state index contributed by atoms with van der Waals surface area (Å²) in [5, 5.41) is 2.65. The van der Waals surface area contributed by atoms with Gasteiger partial charge in [0.05, 0.1) is 0 Å². The predicted octanol–water partition coefficient (Wildman–Crippen LogP) is 3.22. The number of benzene rings is 1. The smallest absolute Gasteiger partial charge is 0.259 e. The maximum atomic E-state index is 13.2. The predicted molar refractivity (Wildman–Crippen MR) is 118 cm³/mol.